The van der Waals surface area contributed by atoms with Gasteiger partial charge in [-0.1, -0.05) is 13.8 Å². The van der Waals surface area contributed by atoms with Gasteiger partial charge in [-0.2, -0.15) is 0 Å². The summed E-state index contributed by atoms with van der Waals surface area (Å²) >= 11 is 0. The maximum atomic E-state index is 13.4. The van der Waals surface area contributed by atoms with Crippen LogP contribution in [0.5, 0.6) is 0 Å². The molecule has 0 spiro atoms. The molecule has 1 aromatic carbocycles. The standard InChI is InChI=1S/C14H19F2NO/c1-14(2)6-9(14)7-17-8-13(18)11-5-10(15)3-4-12(11)16/h3-5,9,13,17-18H,6-8H2,1-2H3. The van der Waals surface area contributed by atoms with Gasteiger partial charge in [0.25, 0.3) is 0 Å². The zero-order valence-corrected chi connectivity index (χ0v) is 10.7. The fourth-order valence-electron chi connectivity index (χ4n) is 2.20. The van der Waals surface area contributed by atoms with Gasteiger partial charge in [-0.3, -0.25) is 0 Å². The summed E-state index contributed by atoms with van der Waals surface area (Å²) < 4.78 is 26.4. The lowest BCUT2D eigenvalue weighted by atomic mass is 10.1. The van der Waals surface area contributed by atoms with Crippen molar-refractivity contribution in [2.45, 2.75) is 26.4 Å². The molecule has 2 unspecified atom stereocenters. The SMILES string of the molecule is CC1(C)CC1CNCC(O)c1cc(F)ccc1F. The first kappa shape index (κ1) is 13.4. The quantitative estimate of drug-likeness (QED) is 0.847. The minimum atomic E-state index is -1.01. The van der Waals surface area contributed by atoms with Crippen LogP contribution in [0.4, 0.5) is 8.78 Å². The average molecular weight is 255 g/mol. The van der Waals surface area contributed by atoms with E-state index in [0.717, 1.165) is 24.7 Å². The van der Waals surface area contributed by atoms with Gasteiger partial charge in [0.1, 0.15) is 11.6 Å². The summed E-state index contributed by atoms with van der Waals surface area (Å²) in [5, 5.41) is 12.9. The Morgan fingerprint density at radius 2 is 2.11 bits per heavy atom. The van der Waals surface area contributed by atoms with Crippen molar-refractivity contribution < 1.29 is 13.9 Å². The number of hydrogen-bond acceptors (Lipinski definition) is 2. The van der Waals surface area contributed by atoms with E-state index in [4.69, 9.17) is 0 Å². The van der Waals surface area contributed by atoms with Crippen molar-refractivity contribution in [3.8, 4) is 0 Å². The van der Waals surface area contributed by atoms with Crippen molar-refractivity contribution in [2.75, 3.05) is 13.1 Å². The van der Waals surface area contributed by atoms with Crippen molar-refractivity contribution in [1.29, 1.82) is 0 Å². The van der Waals surface area contributed by atoms with Crippen molar-refractivity contribution >= 4 is 0 Å². The van der Waals surface area contributed by atoms with Gasteiger partial charge in [0.15, 0.2) is 0 Å². The molecule has 4 heteroatoms. The van der Waals surface area contributed by atoms with Gasteiger partial charge < -0.3 is 10.4 Å². The molecular formula is C14H19F2NO. The largest absolute Gasteiger partial charge is 0.387 e. The topological polar surface area (TPSA) is 32.3 Å². The molecule has 0 radical (unpaired) electrons. The molecule has 2 nitrogen and oxygen atoms in total. The van der Waals surface area contributed by atoms with Gasteiger partial charge >= 0.3 is 0 Å². The van der Waals surface area contributed by atoms with E-state index in [-0.39, 0.29) is 12.1 Å². The van der Waals surface area contributed by atoms with Crippen LogP contribution in [0.15, 0.2) is 18.2 Å². The van der Waals surface area contributed by atoms with Crippen molar-refractivity contribution in [3.63, 3.8) is 0 Å². The van der Waals surface area contributed by atoms with Gasteiger partial charge in [0.2, 0.25) is 0 Å². The molecule has 0 aliphatic heterocycles. The number of aliphatic hydroxyl groups is 1. The van der Waals surface area contributed by atoms with E-state index in [1.165, 1.54) is 6.42 Å². The van der Waals surface area contributed by atoms with E-state index < -0.39 is 17.7 Å². The Kier molecular flexibility index (Phi) is 3.69. The highest BCUT2D eigenvalue weighted by Crippen LogP contribution is 2.50. The molecule has 1 aliphatic carbocycles. The van der Waals surface area contributed by atoms with Gasteiger partial charge in [-0.15, -0.1) is 0 Å². The first-order chi connectivity index (χ1) is 8.40. The average Bonchev–Trinajstić information content (AvgIpc) is 2.90. The van der Waals surface area contributed by atoms with Crippen LogP contribution in [0.3, 0.4) is 0 Å². The van der Waals surface area contributed by atoms with E-state index in [9.17, 15) is 13.9 Å². The van der Waals surface area contributed by atoms with E-state index in [1.54, 1.807) is 0 Å². The molecule has 0 aromatic heterocycles. The minimum Gasteiger partial charge on any atom is -0.387 e. The zero-order valence-electron chi connectivity index (χ0n) is 10.7. The molecule has 1 fully saturated rings. The molecule has 1 aliphatic rings. The normalized spacial score (nSPS) is 22.8. The fraction of sp³-hybridized carbons (Fsp3) is 0.571. The van der Waals surface area contributed by atoms with Gasteiger partial charge in [-0.05, 0) is 42.5 Å². The van der Waals surface area contributed by atoms with Gasteiger partial charge in [-0.25, -0.2) is 8.78 Å². The van der Waals surface area contributed by atoms with E-state index in [0.29, 0.717) is 11.3 Å². The predicted octanol–water partition coefficient (Wildman–Crippen LogP) is 2.63. The van der Waals surface area contributed by atoms with E-state index in [1.807, 2.05) is 0 Å². The third kappa shape index (κ3) is 3.06. The molecule has 100 valence electrons. The number of halogens is 2. The monoisotopic (exact) mass is 255 g/mol. The molecule has 0 heterocycles. The van der Waals surface area contributed by atoms with Crippen LogP contribution in [0, 0.1) is 23.0 Å². The number of hydrogen-bond donors (Lipinski definition) is 2. The van der Waals surface area contributed by atoms with Crippen LogP contribution in [-0.4, -0.2) is 18.2 Å². The van der Waals surface area contributed by atoms with E-state index >= 15 is 0 Å². The predicted molar refractivity (Wildman–Crippen MR) is 66.1 cm³/mol. The smallest absolute Gasteiger partial charge is 0.129 e. The molecule has 2 N–H and O–H groups in total. The Balaban J connectivity index is 1.84. The third-order valence-electron chi connectivity index (χ3n) is 3.76. The highest BCUT2D eigenvalue weighted by molar-refractivity contribution is 5.21. The molecule has 2 atom stereocenters. The number of aliphatic hydroxyl groups excluding tert-OH is 1. The summed E-state index contributed by atoms with van der Waals surface area (Å²) in [4.78, 5) is 0. The van der Waals surface area contributed by atoms with Crippen molar-refractivity contribution in [2.24, 2.45) is 11.3 Å². The molecular weight excluding hydrogens is 236 g/mol. The fourth-order valence-corrected chi connectivity index (χ4v) is 2.20. The first-order valence-electron chi connectivity index (χ1n) is 6.24. The Hall–Kier alpha value is -1.00. The maximum Gasteiger partial charge on any atom is 0.129 e. The molecule has 1 aromatic rings. The zero-order chi connectivity index (χ0) is 13.3. The Morgan fingerprint density at radius 1 is 1.44 bits per heavy atom. The Morgan fingerprint density at radius 3 is 2.72 bits per heavy atom. The molecule has 1 saturated carbocycles. The third-order valence-corrected chi connectivity index (χ3v) is 3.76. The molecule has 0 amide bonds. The van der Waals surface area contributed by atoms with Gasteiger partial charge in [0.05, 0.1) is 6.10 Å². The second kappa shape index (κ2) is 4.94. The molecule has 0 saturated heterocycles. The molecule has 18 heavy (non-hydrogen) atoms. The number of benzene rings is 1. The summed E-state index contributed by atoms with van der Waals surface area (Å²) in [7, 11) is 0. The van der Waals surface area contributed by atoms with Crippen LogP contribution in [0.1, 0.15) is 31.9 Å². The maximum absolute atomic E-state index is 13.4. The lowest BCUT2D eigenvalue weighted by Gasteiger charge is -2.13. The van der Waals surface area contributed by atoms with Crippen LogP contribution >= 0.6 is 0 Å². The summed E-state index contributed by atoms with van der Waals surface area (Å²) in [6.45, 7) is 5.44. The molecule has 0 bridgehead atoms. The summed E-state index contributed by atoms with van der Waals surface area (Å²) in [5.74, 6) is -0.492. The lowest BCUT2D eigenvalue weighted by Crippen LogP contribution is -2.25. The Labute approximate surface area is 106 Å². The highest BCUT2D eigenvalue weighted by atomic mass is 19.1. The second-order valence-electron chi connectivity index (χ2n) is 5.73. The number of rotatable bonds is 5. The van der Waals surface area contributed by atoms with E-state index in [2.05, 4.69) is 19.2 Å². The van der Waals surface area contributed by atoms with Crippen LogP contribution in [0.2, 0.25) is 0 Å². The Bertz CT molecular complexity index is 434. The highest BCUT2D eigenvalue weighted by Gasteiger charge is 2.44. The second-order valence-corrected chi connectivity index (χ2v) is 5.73. The lowest BCUT2D eigenvalue weighted by molar-refractivity contribution is 0.168. The van der Waals surface area contributed by atoms with Crippen molar-refractivity contribution in [3.05, 3.63) is 35.4 Å². The minimum absolute atomic E-state index is 0.0116. The van der Waals surface area contributed by atoms with Gasteiger partial charge in [0, 0.05) is 12.1 Å². The van der Waals surface area contributed by atoms with Crippen molar-refractivity contribution in [1.82, 2.24) is 5.32 Å². The van der Waals surface area contributed by atoms with Crippen LogP contribution < -0.4 is 5.32 Å². The van der Waals surface area contributed by atoms with Crippen LogP contribution in [0.25, 0.3) is 0 Å². The molecule has 2 rings (SSSR count). The first-order valence-corrected chi connectivity index (χ1v) is 6.24. The summed E-state index contributed by atoms with van der Waals surface area (Å²) in [5.41, 5.74) is 0.389. The van der Waals surface area contributed by atoms with Crippen LogP contribution in [-0.2, 0) is 0 Å². The summed E-state index contributed by atoms with van der Waals surface area (Å²) in [6.07, 6.45) is 0.160. The number of nitrogens with one attached hydrogen (secondary N) is 1. The summed E-state index contributed by atoms with van der Waals surface area (Å²) in [6, 6.07) is 3.13.